The third-order valence-electron chi connectivity index (χ3n) is 6.85. The number of aromatic nitrogens is 5. The number of fused-ring (bicyclic) bond motifs is 3. The van der Waals surface area contributed by atoms with Crippen molar-refractivity contribution in [1.82, 2.24) is 29.3 Å². The molecular weight excluding hydrogens is 432 g/mol. The average Bonchev–Trinajstić information content (AvgIpc) is 3.53. The molecule has 2 aliphatic rings. The molecule has 6 heterocycles. The van der Waals surface area contributed by atoms with E-state index in [9.17, 15) is 15.2 Å². The predicted octanol–water partition coefficient (Wildman–Crippen LogP) is 3.00. The first-order chi connectivity index (χ1) is 16.5. The standard InChI is InChI=1S/C24H22N8O2/c1-29-11-18(10-27-29)16-6-21(23-17(7-25)9-28-31(23)12-16)15-2-5-22(26-8-15)32-19-3-4-20(32)14-30(13-19)24(33)34/h2,5-6,8-12,19-20H,3-4,13-14H2,1H3,(H,33,34). The number of hydrogen-bond donors (Lipinski definition) is 1. The number of nitriles is 1. The topological polar surface area (TPSA) is 116 Å². The lowest BCUT2D eigenvalue weighted by Gasteiger charge is -2.40. The first-order valence-corrected chi connectivity index (χ1v) is 11.1. The molecule has 0 saturated carbocycles. The van der Waals surface area contributed by atoms with Crippen LogP contribution in [-0.4, -0.2) is 65.7 Å². The maximum absolute atomic E-state index is 11.4. The van der Waals surface area contributed by atoms with Crippen molar-refractivity contribution < 1.29 is 9.90 Å². The van der Waals surface area contributed by atoms with Crippen molar-refractivity contribution in [3.8, 4) is 28.3 Å². The molecule has 0 aromatic carbocycles. The van der Waals surface area contributed by atoms with Gasteiger partial charge in [-0.2, -0.15) is 15.5 Å². The van der Waals surface area contributed by atoms with Crippen LogP contribution in [-0.2, 0) is 7.05 Å². The summed E-state index contributed by atoms with van der Waals surface area (Å²) in [6.45, 7) is 1.01. The number of aryl methyl sites for hydroxylation is 1. The molecule has 2 bridgehead atoms. The van der Waals surface area contributed by atoms with Crippen molar-refractivity contribution in [1.29, 1.82) is 5.26 Å². The van der Waals surface area contributed by atoms with E-state index in [0.717, 1.165) is 46.4 Å². The molecular formula is C24H22N8O2. The number of nitrogens with zero attached hydrogens (tertiary/aromatic N) is 8. The fourth-order valence-corrected chi connectivity index (χ4v) is 5.28. The molecule has 10 nitrogen and oxygen atoms in total. The number of piperazine rings is 1. The zero-order valence-corrected chi connectivity index (χ0v) is 18.5. The number of likely N-dealkylation sites (tertiary alicyclic amines) is 1. The summed E-state index contributed by atoms with van der Waals surface area (Å²) in [5, 5.41) is 27.7. The van der Waals surface area contributed by atoms with Crippen molar-refractivity contribution in [2.24, 2.45) is 7.05 Å². The van der Waals surface area contributed by atoms with Gasteiger partial charge in [-0.1, -0.05) is 0 Å². The Bertz CT molecular complexity index is 1430. The van der Waals surface area contributed by atoms with Gasteiger partial charge in [0, 0.05) is 73.1 Å². The molecule has 4 aromatic rings. The van der Waals surface area contributed by atoms with E-state index in [1.807, 2.05) is 43.8 Å². The van der Waals surface area contributed by atoms with Crippen molar-refractivity contribution >= 4 is 17.4 Å². The quantitative estimate of drug-likeness (QED) is 0.506. The highest BCUT2D eigenvalue weighted by molar-refractivity contribution is 5.87. The van der Waals surface area contributed by atoms with E-state index in [-0.39, 0.29) is 12.1 Å². The first kappa shape index (κ1) is 20.2. The monoisotopic (exact) mass is 454 g/mol. The maximum atomic E-state index is 11.4. The van der Waals surface area contributed by atoms with E-state index in [1.165, 1.54) is 4.90 Å². The molecule has 10 heteroatoms. The lowest BCUT2D eigenvalue weighted by Crippen LogP contribution is -2.55. The molecule has 0 aliphatic carbocycles. The van der Waals surface area contributed by atoms with Crippen LogP contribution in [0.2, 0.25) is 0 Å². The minimum absolute atomic E-state index is 0.147. The van der Waals surface area contributed by atoms with Gasteiger partial charge in [-0.05, 0) is 31.0 Å². The molecule has 1 amide bonds. The fraction of sp³-hybridized carbons (Fsp3) is 0.292. The van der Waals surface area contributed by atoms with Gasteiger partial charge in [0.1, 0.15) is 11.9 Å². The molecule has 170 valence electrons. The average molecular weight is 454 g/mol. The van der Waals surface area contributed by atoms with Gasteiger partial charge in [0.2, 0.25) is 0 Å². The normalized spacial score (nSPS) is 19.5. The van der Waals surface area contributed by atoms with E-state index in [4.69, 9.17) is 4.98 Å². The summed E-state index contributed by atoms with van der Waals surface area (Å²) in [5.74, 6) is 0.856. The maximum Gasteiger partial charge on any atom is 0.407 e. The third-order valence-corrected chi connectivity index (χ3v) is 6.85. The molecule has 4 aromatic heterocycles. The lowest BCUT2D eigenvalue weighted by atomic mass is 10.0. The van der Waals surface area contributed by atoms with E-state index >= 15 is 0 Å². The van der Waals surface area contributed by atoms with Crippen LogP contribution in [0.1, 0.15) is 18.4 Å². The minimum Gasteiger partial charge on any atom is -0.465 e. The Balaban J connectivity index is 1.39. The zero-order chi connectivity index (χ0) is 23.4. The summed E-state index contributed by atoms with van der Waals surface area (Å²) in [4.78, 5) is 20.0. The van der Waals surface area contributed by atoms with Crippen LogP contribution in [0.15, 0.2) is 49.2 Å². The van der Waals surface area contributed by atoms with Gasteiger partial charge in [-0.15, -0.1) is 0 Å². The molecule has 0 spiro atoms. The van der Waals surface area contributed by atoms with Crippen molar-refractivity contribution in [2.75, 3.05) is 18.0 Å². The van der Waals surface area contributed by atoms with Crippen molar-refractivity contribution in [3.05, 3.63) is 54.7 Å². The Hall–Kier alpha value is -4.39. The summed E-state index contributed by atoms with van der Waals surface area (Å²) in [5.41, 5.74) is 4.88. The zero-order valence-electron chi connectivity index (χ0n) is 18.5. The number of amides is 1. The van der Waals surface area contributed by atoms with Gasteiger partial charge >= 0.3 is 6.09 Å². The number of rotatable bonds is 3. The number of hydrogen-bond acceptors (Lipinski definition) is 6. The highest BCUT2D eigenvalue weighted by Gasteiger charge is 2.42. The highest BCUT2D eigenvalue weighted by Crippen LogP contribution is 2.36. The first-order valence-electron chi connectivity index (χ1n) is 11.1. The van der Waals surface area contributed by atoms with Crippen LogP contribution in [0.3, 0.4) is 0 Å². The van der Waals surface area contributed by atoms with Gasteiger partial charge in [0.25, 0.3) is 0 Å². The van der Waals surface area contributed by atoms with E-state index in [2.05, 4.69) is 21.2 Å². The number of anilines is 1. The Labute approximate surface area is 195 Å². The van der Waals surface area contributed by atoms with Crippen LogP contribution >= 0.6 is 0 Å². The van der Waals surface area contributed by atoms with Crippen LogP contribution in [0.5, 0.6) is 0 Å². The molecule has 2 aliphatic heterocycles. The van der Waals surface area contributed by atoms with Gasteiger partial charge < -0.3 is 14.9 Å². The van der Waals surface area contributed by atoms with Crippen molar-refractivity contribution in [3.63, 3.8) is 0 Å². The predicted molar refractivity (Wildman–Crippen MR) is 124 cm³/mol. The molecule has 0 radical (unpaired) electrons. The molecule has 2 fully saturated rings. The van der Waals surface area contributed by atoms with Crippen molar-refractivity contribution in [2.45, 2.75) is 24.9 Å². The smallest absolute Gasteiger partial charge is 0.407 e. The summed E-state index contributed by atoms with van der Waals surface area (Å²) in [7, 11) is 1.87. The van der Waals surface area contributed by atoms with Gasteiger partial charge in [0.05, 0.1) is 23.5 Å². The molecule has 1 N–H and O–H groups in total. The van der Waals surface area contributed by atoms with Gasteiger partial charge in [-0.25, -0.2) is 14.3 Å². The fourth-order valence-electron chi connectivity index (χ4n) is 5.28. The molecule has 6 rings (SSSR count). The van der Waals surface area contributed by atoms with Gasteiger partial charge in [-0.3, -0.25) is 4.68 Å². The second-order valence-corrected chi connectivity index (χ2v) is 8.89. The molecule has 2 unspecified atom stereocenters. The summed E-state index contributed by atoms with van der Waals surface area (Å²) in [6, 6.07) is 8.58. The largest absolute Gasteiger partial charge is 0.465 e. The van der Waals surface area contributed by atoms with E-state index in [1.54, 1.807) is 21.6 Å². The van der Waals surface area contributed by atoms with Crippen LogP contribution in [0.4, 0.5) is 10.6 Å². The second kappa shape index (κ2) is 7.59. The second-order valence-electron chi connectivity index (χ2n) is 8.89. The van der Waals surface area contributed by atoms with Crippen LogP contribution in [0, 0.1) is 11.3 Å². The van der Waals surface area contributed by atoms with Crippen LogP contribution in [0.25, 0.3) is 27.8 Å². The Kier molecular flexibility index (Phi) is 4.52. The Morgan fingerprint density at radius 2 is 1.85 bits per heavy atom. The lowest BCUT2D eigenvalue weighted by molar-refractivity contribution is 0.133. The Morgan fingerprint density at radius 1 is 1.06 bits per heavy atom. The highest BCUT2D eigenvalue weighted by atomic mass is 16.4. The summed E-state index contributed by atoms with van der Waals surface area (Å²) >= 11 is 0. The van der Waals surface area contributed by atoms with Gasteiger partial charge in [0.15, 0.2) is 0 Å². The van der Waals surface area contributed by atoms with Crippen LogP contribution < -0.4 is 4.90 Å². The minimum atomic E-state index is -0.855. The molecule has 2 atom stereocenters. The molecule has 34 heavy (non-hydrogen) atoms. The number of pyridine rings is 2. The number of carboxylic acid groups (broad SMARTS) is 1. The Morgan fingerprint density at radius 3 is 2.47 bits per heavy atom. The van der Waals surface area contributed by atoms with E-state index in [0.29, 0.717) is 18.7 Å². The van der Waals surface area contributed by atoms with E-state index < -0.39 is 6.09 Å². The molecule has 2 saturated heterocycles. The SMILES string of the molecule is Cn1cc(-c2cc(-c3ccc(N4C5CCC4CN(C(=O)O)C5)nc3)c3c(C#N)cnn3c2)cn1. The third kappa shape index (κ3) is 3.16. The summed E-state index contributed by atoms with van der Waals surface area (Å²) < 4.78 is 3.48. The number of carbonyl (C=O) groups is 1. The summed E-state index contributed by atoms with van der Waals surface area (Å²) in [6.07, 6.45) is 10.1.